The van der Waals surface area contributed by atoms with Crippen molar-refractivity contribution in [1.29, 1.82) is 0 Å². The number of ether oxygens (including phenoxy) is 2. The van der Waals surface area contributed by atoms with Gasteiger partial charge in [0.2, 0.25) is 17.6 Å². The summed E-state index contributed by atoms with van der Waals surface area (Å²) in [6, 6.07) is 6.65. The number of nitrogens with zero attached hydrogens (tertiary/aromatic N) is 3. The molecule has 2 aromatic heterocycles. The average molecular weight is 385 g/mol. The van der Waals surface area contributed by atoms with Gasteiger partial charge in [0.1, 0.15) is 5.75 Å². The molecule has 0 aliphatic heterocycles. The molecule has 0 aliphatic carbocycles. The number of hydrogen-bond donors (Lipinski definition) is 0. The van der Waals surface area contributed by atoms with Gasteiger partial charge in [-0.3, -0.25) is 0 Å². The van der Waals surface area contributed by atoms with Gasteiger partial charge >= 0.3 is 6.18 Å². The Morgan fingerprint density at radius 3 is 2.19 bits per heavy atom. The third kappa shape index (κ3) is 4.33. The van der Waals surface area contributed by atoms with E-state index in [0.717, 1.165) is 22.9 Å². The van der Waals surface area contributed by atoms with Gasteiger partial charge in [0.05, 0.1) is 0 Å². The molecule has 0 N–H and O–H groups in total. The molecule has 0 saturated carbocycles. The maximum absolute atomic E-state index is 13.3. The van der Waals surface area contributed by atoms with Gasteiger partial charge in [0, 0.05) is 31.3 Å². The lowest BCUT2D eigenvalue weighted by Gasteiger charge is -2.09. The van der Waals surface area contributed by atoms with Gasteiger partial charge < -0.3 is 9.47 Å². The Labute approximate surface area is 150 Å². The maximum Gasteiger partial charge on any atom is 0.435 e. The topological polar surface area (TPSA) is 49.2 Å². The molecule has 3 aromatic rings. The number of benzene rings is 1. The molecule has 0 bridgehead atoms. The van der Waals surface area contributed by atoms with E-state index >= 15 is 0 Å². The summed E-state index contributed by atoms with van der Waals surface area (Å²) in [7, 11) is 1.29. The van der Waals surface area contributed by atoms with Crippen molar-refractivity contribution in [1.82, 2.24) is 14.8 Å². The molecule has 0 fully saturated rings. The SMILES string of the molecule is Cc1cc(Oc2ccc(F)c(F)c2)nc(Oc2cc(C(F)(F)F)nn2C)c1. The van der Waals surface area contributed by atoms with Crippen LogP contribution >= 0.6 is 0 Å². The van der Waals surface area contributed by atoms with Gasteiger partial charge in [0.25, 0.3) is 0 Å². The van der Waals surface area contributed by atoms with Crippen LogP contribution in [0.1, 0.15) is 11.3 Å². The van der Waals surface area contributed by atoms with Crippen LogP contribution in [0.4, 0.5) is 22.0 Å². The van der Waals surface area contributed by atoms with Crippen LogP contribution < -0.4 is 9.47 Å². The summed E-state index contributed by atoms with van der Waals surface area (Å²) < 4.78 is 76.1. The number of halogens is 5. The molecular weight excluding hydrogens is 373 g/mol. The van der Waals surface area contributed by atoms with E-state index in [-0.39, 0.29) is 23.4 Å². The van der Waals surface area contributed by atoms with Crippen molar-refractivity contribution in [3.8, 4) is 23.4 Å². The molecular formula is C17H12F5N3O2. The third-order valence-electron chi connectivity index (χ3n) is 3.37. The Bertz CT molecular complexity index is 985. The van der Waals surface area contributed by atoms with E-state index in [0.29, 0.717) is 5.56 Å². The lowest BCUT2D eigenvalue weighted by molar-refractivity contribution is -0.141. The summed E-state index contributed by atoms with van der Waals surface area (Å²) in [6.07, 6.45) is -4.61. The van der Waals surface area contributed by atoms with E-state index in [1.54, 1.807) is 6.92 Å². The Hall–Kier alpha value is -3.17. The quantitative estimate of drug-likeness (QED) is 0.593. The van der Waals surface area contributed by atoms with Crippen molar-refractivity contribution in [2.24, 2.45) is 7.05 Å². The highest BCUT2D eigenvalue weighted by Crippen LogP contribution is 2.32. The number of aryl methyl sites for hydroxylation is 2. The van der Waals surface area contributed by atoms with Crippen molar-refractivity contribution in [3.05, 3.63) is 59.3 Å². The minimum Gasteiger partial charge on any atom is -0.439 e. The molecule has 0 amide bonds. The monoisotopic (exact) mass is 385 g/mol. The molecule has 0 saturated heterocycles. The average Bonchev–Trinajstić information content (AvgIpc) is 2.91. The van der Waals surface area contributed by atoms with Crippen LogP contribution in [0.2, 0.25) is 0 Å². The molecule has 3 rings (SSSR count). The highest BCUT2D eigenvalue weighted by Gasteiger charge is 2.35. The van der Waals surface area contributed by atoms with Gasteiger partial charge in [-0.1, -0.05) is 0 Å². The fourth-order valence-electron chi connectivity index (χ4n) is 2.16. The van der Waals surface area contributed by atoms with Gasteiger partial charge in [-0.05, 0) is 24.6 Å². The molecule has 2 heterocycles. The van der Waals surface area contributed by atoms with Crippen LogP contribution in [0.5, 0.6) is 23.4 Å². The van der Waals surface area contributed by atoms with Crippen LogP contribution in [0.3, 0.4) is 0 Å². The summed E-state index contributed by atoms with van der Waals surface area (Å²) in [5.41, 5.74) is -0.485. The zero-order valence-electron chi connectivity index (χ0n) is 14.0. The normalized spacial score (nSPS) is 11.5. The van der Waals surface area contributed by atoms with E-state index in [2.05, 4.69) is 10.1 Å². The first kappa shape index (κ1) is 18.6. The molecule has 5 nitrogen and oxygen atoms in total. The number of hydrogen-bond acceptors (Lipinski definition) is 4. The molecule has 1 aromatic carbocycles. The first-order valence-electron chi connectivity index (χ1n) is 7.52. The summed E-state index contributed by atoms with van der Waals surface area (Å²) in [5.74, 6) is -2.36. The van der Waals surface area contributed by atoms with Gasteiger partial charge in [-0.15, -0.1) is 0 Å². The highest BCUT2D eigenvalue weighted by molar-refractivity contribution is 5.34. The van der Waals surface area contributed by atoms with Crippen molar-refractivity contribution in [2.75, 3.05) is 0 Å². The van der Waals surface area contributed by atoms with Crippen LogP contribution in [0.15, 0.2) is 36.4 Å². The smallest absolute Gasteiger partial charge is 0.435 e. The minimum atomic E-state index is -4.61. The molecule has 10 heteroatoms. The van der Waals surface area contributed by atoms with E-state index in [4.69, 9.17) is 9.47 Å². The van der Waals surface area contributed by atoms with Crippen LogP contribution in [-0.2, 0) is 13.2 Å². The Kier molecular flexibility index (Phi) is 4.73. The molecule has 0 aliphatic rings. The molecule has 0 radical (unpaired) electrons. The Morgan fingerprint density at radius 1 is 0.926 bits per heavy atom. The third-order valence-corrected chi connectivity index (χ3v) is 3.37. The molecule has 27 heavy (non-hydrogen) atoms. The van der Waals surface area contributed by atoms with Crippen molar-refractivity contribution in [3.63, 3.8) is 0 Å². The van der Waals surface area contributed by atoms with Crippen molar-refractivity contribution >= 4 is 0 Å². The molecule has 142 valence electrons. The first-order chi connectivity index (χ1) is 12.6. The van der Waals surface area contributed by atoms with E-state index in [9.17, 15) is 22.0 Å². The number of pyridine rings is 1. The van der Waals surface area contributed by atoms with E-state index < -0.39 is 23.5 Å². The fourth-order valence-corrected chi connectivity index (χ4v) is 2.16. The predicted molar refractivity (Wildman–Crippen MR) is 83.7 cm³/mol. The van der Waals surface area contributed by atoms with Crippen LogP contribution in [-0.4, -0.2) is 14.8 Å². The van der Waals surface area contributed by atoms with Crippen LogP contribution in [0.25, 0.3) is 0 Å². The Balaban J connectivity index is 1.85. The number of aromatic nitrogens is 3. The summed E-state index contributed by atoms with van der Waals surface area (Å²) in [5, 5.41) is 3.34. The molecule has 0 spiro atoms. The van der Waals surface area contributed by atoms with Gasteiger partial charge in [-0.2, -0.15) is 23.3 Å². The number of rotatable bonds is 4. The fraction of sp³-hybridized carbons (Fsp3) is 0.176. The van der Waals surface area contributed by atoms with Crippen molar-refractivity contribution < 1.29 is 31.4 Å². The largest absolute Gasteiger partial charge is 0.439 e. The molecule has 0 unspecified atom stereocenters. The van der Waals surface area contributed by atoms with Gasteiger partial charge in [-0.25, -0.2) is 13.5 Å². The maximum atomic E-state index is 13.3. The second-order valence-corrected chi connectivity index (χ2v) is 5.59. The van der Waals surface area contributed by atoms with Gasteiger partial charge in [0.15, 0.2) is 17.3 Å². The zero-order chi connectivity index (χ0) is 19.8. The van der Waals surface area contributed by atoms with Crippen molar-refractivity contribution in [2.45, 2.75) is 13.1 Å². The Morgan fingerprint density at radius 2 is 1.59 bits per heavy atom. The van der Waals surface area contributed by atoms with E-state index in [1.165, 1.54) is 25.2 Å². The van der Waals surface area contributed by atoms with E-state index in [1.807, 2.05) is 0 Å². The first-order valence-corrected chi connectivity index (χ1v) is 7.52. The molecule has 0 atom stereocenters. The summed E-state index contributed by atoms with van der Waals surface area (Å²) in [4.78, 5) is 4.01. The summed E-state index contributed by atoms with van der Waals surface area (Å²) >= 11 is 0. The zero-order valence-corrected chi connectivity index (χ0v) is 14.0. The van der Waals surface area contributed by atoms with Crippen LogP contribution in [0, 0.1) is 18.6 Å². The lowest BCUT2D eigenvalue weighted by Crippen LogP contribution is -2.06. The highest BCUT2D eigenvalue weighted by atomic mass is 19.4. The summed E-state index contributed by atoms with van der Waals surface area (Å²) in [6.45, 7) is 1.68. The second-order valence-electron chi connectivity index (χ2n) is 5.59. The standard InChI is InChI=1S/C17H12F5N3O2/c1-9-5-14(26-10-3-4-11(18)12(19)7-10)23-15(6-9)27-16-8-13(17(20,21)22)24-25(16)2/h3-8H,1-2H3. The predicted octanol–water partition coefficient (Wildman–Crippen LogP) is 5.01. The lowest BCUT2D eigenvalue weighted by atomic mass is 10.3. The second kappa shape index (κ2) is 6.86. The minimum absolute atomic E-state index is 0.00200. The number of alkyl halides is 3.